The summed E-state index contributed by atoms with van der Waals surface area (Å²) in [5, 5.41) is 0. The molecule has 0 N–H and O–H groups in total. The van der Waals surface area contributed by atoms with Gasteiger partial charge in [-0.2, -0.15) is 0 Å². The van der Waals surface area contributed by atoms with Gasteiger partial charge in [-0.15, -0.1) is 0 Å². The average Bonchev–Trinajstić information content (AvgIpc) is 2.90. The molecular formula is C25H23FN2O2S. The minimum atomic E-state index is -0.364. The zero-order valence-electron chi connectivity index (χ0n) is 17.5. The lowest BCUT2D eigenvalue weighted by Gasteiger charge is -2.25. The third-order valence-corrected chi connectivity index (χ3v) is 6.56. The summed E-state index contributed by atoms with van der Waals surface area (Å²) in [6.45, 7) is 5.15. The number of amides is 2. The summed E-state index contributed by atoms with van der Waals surface area (Å²) in [6, 6.07) is 19.3. The van der Waals surface area contributed by atoms with E-state index in [4.69, 9.17) is 0 Å². The Balaban J connectivity index is 1.84. The lowest BCUT2D eigenvalue weighted by atomic mass is 10.1. The quantitative estimate of drug-likeness (QED) is 0.523. The molecule has 1 aliphatic heterocycles. The van der Waals surface area contributed by atoms with Crippen molar-refractivity contribution in [3.8, 4) is 0 Å². The number of carbonyl (C=O) groups excluding carboxylic acids is 2. The number of carbonyl (C=O) groups is 2. The summed E-state index contributed by atoms with van der Waals surface area (Å²) >= 11 is 1.48. The van der Waals surface area contributed by atoms with Crippen LogP contribution in [0.15, 0.2) is 76.5 Å². The number of anilines is 1. The fourth-order valence-corrected chi connectivity index (χ4v) is 4.76. The Labute approximate surface area is 185 Å². The Bertz CT molecular complexity index is 1140. The molecule has 0 bridgehead atoms. The molecule has 1 heterocycles. The summed E-state index contributed by atoms with van der Waals surface area (Å²) in [7, 11) is 0. The first kappa shape index (κ1) is 21.1. The zero-order chi connectivity index (χ0) is 22.0. The van der Waals surface area contributed by atoms with Gasteiger partial charge in [0.05, 0.1) is 17.8 Å². The van der Waals surface area contributed by atoms with Crippen molar-refractivity contribution in [1.82, 2.24) is 4.90 Å². The molecule has 31 heavy (non-hydrogen) atoms. The van der Waals surface area contributed by atoms with E-state index in [0.717, 1.165) is 9.79 Å². The van der Waals surface area contributed by atoms with Gasteiger partial charge in [0, 0.05) is 34.0 Å². The van der Waals surface area contributed by atoms with Crippen molar-refractivity contribution in [3.05, 3.63) is 89.2 Å². The molecule has 2 amide bonds. The normalized spacial score (nSPS) is 12.7. The van der Waals surface area contributed by atoms with Crippen molar-refractivity contribution in [2.45, 2.75) is 30.2 Å². The maximum atomic E-state index is 14.4. The van der Waals surface area contributed by atoms with Crippen LogP contribution < -0.4 is 4.90 Å². The van der Waals surface area contributed by atoms with Gasteiger partial charge in [-0.05, 0) is 50.2 Å². The Morgan fingerprint density at radius 3 is 2.42 bits per heavy atom. The minimum Gasteiger partial charge on any atom is -0.339 e. The molecule has 0 atom stereocenters. The Hall–Kier alpha value is -3.12. The molecule has 0 unspecified atom stereocenters. The summed E-state index contributed by atoms with van der Waals surface area (Å²) in [6.07, 6.45) is 0. The molecule has 4 rings (SSSR count). The SMILES string of the molecule is CCN(CC)C(=O)c1ccc2c(c1)N(Cc1ccccc1F)C(=O)c1ccccc1S2. The lowest BCUT2D eigenvalue weighted by molar-refractivity contribution is 0.0772. The highest BCUT2D eigenvalue weighted by molar-refractivity contribution is 7.99. The number of nitrogens with zero attached hydrogens (tertiary/aromatic N) is 2. The van der Waals surface area contributed by atoms with E-state index < -0.39 is 0 Å². The topological polar surface area (TPSA) is 40.6 Å². The monoisotopic (exact) mass is 434 g/mol. The van der Waals surface area contributed by atoms with Crippen molar-refractivity contribution in [2.24, 2.45) is 0 Å². The molecule has 0 radical (unpaired) electrons. The number of hydrogen-bond acceptors (Lipinski definition) is 3. The zero-order valence-corrected chi connectivity index (χ0v) is 18.3. The summed E-state index contributed by atoms with van der Waals surface area (Å²) in [4.78, 5) is 31.5. The minimum absolute atomic E-state index is 0.0797. The highest BCUT2D eigenvalue weighted by Gasteiger charge is 2.29. The van der Waals surface area contributed by atoms with Crippen molar-refractivity contribution in [3.63, 3.8) is 0 Å². The maximum Gasteiger partial charge on any atom is 0.259 e. The second kappa shape index (κ2) is 8.94. The van der Waals surface area contributed by atoms with Crippen LogP contribution >= 0.6 is 11.8 Å². The molecule has 3 aromatic rings. The standard InChI is InChI=1S/C25H23FN2O2S/c1-3-27(4-2)24(29)17-13-14-23-21(15-17)28(16-18-9-5-7-11-20(18)26)25(30)19-10-6-8-12-22(19)31-23/h5-15H,3-4,16H2,1-2H3. The van der Waals surface area contributed by atoms with Gasteiger partial charge in [-0.25, -0.2) is 4.39 Å². The van der Waals surface area contributed by atoms with Crippen LogP contribution in [0.5, 0.6) is 0 Å². The van der Waals surface area contributed by atoms with Gasteiger partial charge in [0.2, 0.25) is 0 Å². The van der Waals surface area contributed by atoms with E-state index in [0.29, 0.717) is 35.5 Å². The lowest BCUT2D eigenvalue weighted by Crippen LogP contribution is -2.32. The van der Waals surface area contributed by atoms with E-state index in [9.17, 15) is 14.0 Å². The molecular weight excluding hydrogens is 411 g/mol. The molecule has 0 saturated carbocycles. The molecule has 0 spiro atoms. The molecule has 0 aliphatic carbocycles. The van der Waals surface area contributed by atoms with Crippen LogP contribution in [0.25, 0.3) is 0 Å². The van der Waals surface area contributed by atoms with Crippen molar-refractivity contribution in [1.29, 1.82) is 0 Å². The first-order chi connectivity index (χ1) is 15.0. The maximum absolute atomic E-state index is 14.4. The fourth-order valence-electron chi connectivity index (χ4n) is 3.70. The van der Waals surface area contributed by atoms with Crippen LogP contribution in [-0.2, 0) is 6.54 Å². The summed E-state index contributed by atoms with van der Waals surface area (Å²) in [5.74, 6) is -0.659. The number of hydrogen-bond donors (Lipinski definition) is 0. The molecule has 158 valence electrons. The van der Waals surface area contributed by atoms with Crippen molar-refractivity contribution < 1.29 is 14.0 Å². The average molecular weight is 435 g/mol. The predicted molar refractivity (Wildman–Crippen MR) is 121 cm³/mol. The van der Waals surface area contributed by atoms with Crippen LogP contribution in [-0.4, -0.2) is 29.8 Å². The van der Waals surface area contributed by atoms with E-state index in [2.05, 4.69) is 0 Å². The Morgan fingerprint density at radius 2 is 1.68 bits per heavy atom. The number of rotatable bonds is 5. The Kier molecular flexibility index (Phi) is 6.09. The Morgan fingerprint density at radius 1 is 0.968 bits per heavy atom. The van der Waals surface area contributed by atoms with Gasteiger partial charge >= 0.3 is 0 Å². The van der Waals surface area contributed by atoms with Gasteiger partial charge in [0.25, 0.3) is 11.8 Å². The highest BCUT2D eigenvalue weighted by atomic mass is 32.2. The third kappa shape index (κ3) is 4.08. The van der Waals surface area contributed by atoms with Gasteiger partial charge in [0.1, 0.15) is 5.82 Å². The summed E-state index contributed by atoms with van der Waals surface area (Å²) in [5.41, 5.74) is 2.12. The second-order valence-electron chi connectivity index (χ2n) is 7.24. The molecule has 6 heteroatoms. The first-order valence-corrected chi connectivity index (χ1v) is 11.1. The molecule has 0 fully saturated rings. The molecule has 4 nitrogen and oxygen atoms in total. The van der Waals surface area contributed by atoms with Crippen molar-refractivity contribution >= 4 is 29.3 Å². The highest BCUT2D eigenvalue weighted by Crippen LogP contribution is 2.42. The van der Waals surface area contributed by atoms with Gasteiger partial charge in [0.15, 0.2) is 0 Å². The van der Waals surface area contributed by atoms with Crippen LogP contribution in [0.4, 0.5) is 10.1 Å². The third-order valence-electron chi connectivity index (χ3n) is 5.42. The van der Waals surface area contributed by atoms with Gasteiger partial charge in [-0.1, -0.05) is 42.1 Å². The molecule has 3 aromatic carbocycles. The predicted octanol–water partition coefficient (Wildman–Crippen LogP) is 5.62. The second-order valence-corrected chi connectivity index (χ2v) is 8.32. The smallest absolute Gasteiger partial charge is 0.259 e. The van der Waals surface area contributed by atoms with Gasteiger partial charge < -0.3 is 9.80 Å². The van der Waals surface area contributed by atoms with E-state index in [1.807, 2.05) is 38.1 Å². The number of benzene rings is 3. The number of fused-ring (bicyclic) bond motifs is 2. The van der Waals surface area contributed by atoms with Crippen LogP contribution in [0.1, 0.15) is 40.1 Å². The van der Waals surface area contributed by atoms with Crippen molar-refractivity contribution in [2.75, 3.05) is 18.0 Å². The fraction of sp³-hybridized carbons (Fsp3) is 0.200. The number of halogens is 1. The first-order valence-electron chi connectivity index (χ1n) is 10.3. The van der Waals surface area contributed by atoms with Crippen LogP contribution in [0.3, 0.4) is 0 Å². The van der Waals surface area contributed by atoms with E-state index in [-0.39, 0.29) is 24.2 Å². The van der Waals surface area contributed by atoms with E-state index in [1.165, 1.54) is 17.8 Å². The molecule has 0 saturated heterocycles. The van der Waals surface area contributed by atoms with Crippen LogP contribution in [0, 0.1) is 5.82 Å². The van der Waals surface area contributed by atoms with E-state index in [1.54, 1.807) is 46.2 Å². The van der Waals surface area contributed by atoms with E-state index >= 15 is 0 Å². The van der Waals surface area contributed by atoms with Crippen LogP contribution in [0.2, 0.25) is 0 Å². The molecule has 0 aromatic heterocycles. The molecule has 1 aliphatic rings. The largest absolute Gasteiger partial charge is 0.339 e. The van der Waals surface area contributed by atoms with Gasteiger partial charge in [-0.3, -0.25) is 9.59 Å². The summed E-state index contributed by atoms with van der Waals surface area (Å²) < 4.78 is 14.4.